The van der Waals surface area contributed by atoms with Crippen LogP contribution in [0.25, 0.3) is 0 Å². The van der Waals surface area contributed by atoms with Gasteiger partial charge in [0.1, 0.15) is 6.10 Å². The molecule has 4 heteroatoms. The molecule has 1 N–H and O–H groups in total. The molecule has 2 aliphatic heterocycles. The van der Waals surface area contributed by atoms with E-state index in [1.54, 1.807) is 0 Å². The van der Waals surface area contributed by atoms with Crippen molar-refractivity contribution in [3.05, 3.63) is 17.8 Å². The summed E-state index contributed by atoms with van der Waals surface area (Å²) < 4.78 is 11.4. The van der Waals surface area contributed by atoms with Gasteiger partial charge in [0, 0.05) is 19.1 Å². The zero-order valence-electron chi connectivity index (χ0n) is 9.45. The van der Waals surface area contributed by atoms with E-state index in [-0.39, 0.29) is 6.10 Å². The minimum Gasteiger partial charge on any atom is -0.443 e. The lowest BCUT2D eigenvalue weighted by Gasteiger charge is -2.19. The lowest BCUT2D eigenvalue weighted by Crippen LogP contribution is -2.28. The summed E-state index contributed by atoms with van der Waals surface area (Å²) >= 11 is 0. The molecule has 2 saturated heterocycles. The smallest absolute Gasteiger partial charge is 0.198 e. The van der Waals surface area contributed by atoms with Gasteiger partial charge in [-0.1, -0.05) is 0 Å². The van der Waals surface area contributed by atoms with Gasteiger partial charge in [0.05, 0.1) is 6.20 Å². The average Bonchev–Trinajstić information content (AvgIpc) is 3.01. The van der Waals surface area contributed by atoms with Gasteiger partial charge in [0.2, 0.25) is 0 Å². The maximum Gasteiger partial charge on any atom is 0.198 e. The van der Waals surface area contributed by atoms with Gasteiger partial charge in [0.15, 0.2) is 11.7 Å². The molecule has 0 spiro atoms. The maximum atomic E-state index is 5.83. The molecule has 0 bridgehead atoms. The van der Waals surface area contributed by atoms with E-state index in [0.717, 1.165) is 44.2 Å². The largest absolute Gasteiger partial charge is 0.443 e. The van der Waals surface area contributed by atoms with Crippen LogP contribution in [0, 0.1) is 0 Å². The molecule has 2 unspecified atom stereocenters. The van der Waals surface area contributed by atoms with Crippen LogP contribution >= 0.6 is 0 Å². The zero-order chi connectivity index (χ0) is 10.8. The number of aromatic nitrogens is 1. The first-order valence-electron chi connectivity index (χ1n) is 6.21. The van der Waals surface area contributed by atoms with Crippen LogP contribution in [-0.4, -0.2) is 24.7 Å². The highest BCUT2D eigenvalue weighted by Gasteiger charge is 2.25. The Labute approximate surface area is 95.4 Å². The van der Waals surface area contributed by atoms with Gasteiger partial charge in [0.25, 0.3) is 0 Å². The van der Waals surface area contributed by atoms with Crippen molar-refractivity contribution in [3.8, 4) is 0 Å². The number of nitrogens with one attached hydrogen (secondary N) is 1. The van der Waals surface area contributed by atoms with Crippen molar-refractivity contribution < 1.29 is 9.15 Å². The summed E-state index contributed by atoms with van der Waals surface area (Å²) in [5.41, 5.74) is 0. The monoisotopic (exact) mass is 222 g/mol. The Balaban J connectivity index is 1.71. The first-order valence-corrected chi connectivity index (χ1v) is 6.21. The molecule has 0 aliphatic carbocycles. The van der Waals surface area contributed by atoms with Crippen LogP contribution < -0.4 is 5.32 Å². The Bertz CT molecular complexity index is 339. The van der Waals surface area contributed by atoms with Crippen molar-refractivity contribution in [2.45, 2.75) is 37.7 Å². The summed E-state index contributed by atoms with van der Waals surface area (Å²) in [5, 5.41) is 3.38. The number of nitrogens with zero attached hydrogens (tertiary/aromatic N) is 1. The van der Waals surface area contributed by atoms with Crippen LogP contribution in [0.2, 0.25) is 0 Å². The van der Waals surface area contributed by atoms with Gasteiger partial charge in [-0.05, 0) is 32.2 Å². The maximum absolute atomic E-state index is 5.83. The van der Waals surface area contributed by atoms with E-state index in [1.807, 2.05) is 6.20 Å². The minimum absolute atomic E-state index is 0.151. The number of hydrogen-bond donors (Lipinski definition) is 1. The highest BCUT2D eigenvalue weighted by molar-refractivity contribution is 5.04. The predicted octanol–water partition coefficient (Wildman–Crippen LogP) is 1.99. The zero-order valence-corrected chi connectivity index (χ0v) is 9.45. The molecule has 4 nitrogen and oxygen atoms in total. The second-order valence-corrected chi connectivity index (χ2v) is 4.65. The third-order valence-electron chi connectivity index (χ3n) is 3.43. The standard InChI is InChI=1S/C12H18N2O2/c1-3-9(7-13-5-1)12-14-8-11(16-12)10-4-2-6-15-10/h8-10,13H,1-7H2. The van der Waals surface area contributed by atoms with Crippen LogP contribution in [0.5, 0.6) is 0 Å². The molecule has 0 saturated carbocycles. The summed E-state index contributed by atoms with van der Waals surface area (Å²) in [6.45, 7) is 2.97. The molecular formula is C12H18N2O2. The van der Waals surface area contributed by atoms with Gasteiger partial charge in [-0.15, -0.1) is 0 Å². The van der Waals surface area contributed by atoms with Crippen molar-refractivity contribution >= 4 is 0 Å². The number of oxazole rings is 1. The Morgan fingerprint density at radius 1 is 1.31 bits per heavy atom. The van der Waals surface area contributed by atoms with Gasteiger partial charge >= 0.3 is 0 Å². The fraction of sp³-hybridized carbons (Fsp3) is 0.750. The Kier molecular flexibility index (Phi) is 2.93. The number of ether oxygens (including phenoxy) is 1. The molecule has 3 rings (SSSR count). The van der Waals surface area contributed by atoms with Gasteiger partial charge in [-0.25, -0.2) is 4.98 Å². The van der Waals surface area contributed by atoms with Crippen LogP contribution in [0.3, 0.4) is 0 Å². The van der Waals surface area contributed by atoms with E-state index in [0.29, 0.717) is 5.92 Å². The fourth-order valence-electron chi connectivity index (χ4n) is 2.50. The Morgan fingerprint density at radius 2 is 2.31 bits per heavy atom. The molecule has 16 heavy (non-hydrogen) atoms. The third kappa shape index (κ3) is 1.99. The highest BCUT2D eigenvalue weighted by Crippen LogP contribution is 2.31. The Hall–Kier alpha value is -0.870. The van der Waals surface area contributed by atoms with Crippen molar-refractivity contribution in [3.63, 3.8) is 0 Å². The lowest BCUT2D eigenvalue weighted by atomic mass is 10.00. The van der Waals surface area contributed by atoms with E-state index in [2.05, 4.69) is 10.3 Å². The average molecular weight is 222 g/mol. The third-order valence-corrected chi connectivity index (χ3v) is 3.43. The first-order chi connectivity index (χ1) is 7.93. The summed E-state index contributed by atoms with van der Waals surface area (Å²) in [6.07, 6.45) is 6.59. The lowest BCUT2D eigenvalue weighted by molar-refractivity contribution is 0.0917. The van der Waals surface area contributed by atoms with Crippen LogP contribution in [0.1, 0.15) is 49.4 Å². The van der Waals surface area contributed by atoms with E-state index in [9.17, 15) is 0 Å². The molecule has 0 aromatic carbocycles. The van der Waals surface area contributed by atoms with Gasteiger partial charge < -0.3 is 14.5 Å². The van der Waals surface area contributed by atoms with Gasteiger partial charge in [-0.2, -0.15) is 0 Å². The van der Waals surface area contributed by atoms with Crippen molar-refractivity contribution in [2.24, 2.45) is 0 Å². The number of hydrogen-bond acceptors (Lipinski definition) is 4. The van der Waals surface area contributed by atoms with E-state index in [4.69, 9.17) is 9.15 Å². The molecule has 0 radical (unpaired) electrons. The molecule has 2 atom stereocenters. The van der Waals surface area contributed by atoms with Crippen molar-refractivity contribution in [2.75, 3.05) is 19.7 Å². The van der Waals surface area contributed by atoms with Crippen molar-refractivity contribution in [1.29, 1.82) is 0 Å². The molecule has 88 valence electrons. The summed E-state index contributed by atoms with van der Waals surface area (Å²) in [6, 6.07) is 0. The van der Waals surface area contributed by atoms with E-state index >= 15 is 0 Å². The highest BCUT2D eigenvalue weighted by atomic mass is 16.5. The molecule has 1 aromatic heterocycles. The SMILES string of the molecule is c1nc(C2CCCNC2)oc1C1CCCO1. The molecule has 0 amide bonds. The van der Waals surface area contributed by atoms with Crippen molar-refractivity contribution in [1.82, 2.24) is 10.3 Å². The normalized spacial score (nSPS) is 30.8. The molecular weight excluding hydrogens is 204 g/mol. The van der Waals surface area contributed by atoms with Crippen LogP contribution in [0.15, 0.2) is 10.6 Å². The summed E-state index contributed by atoms with van der Waals surface area (Å²) in [7, 11) is 0. The number of rotatable bonds is 2. The van der Waals surface area contributed by atoms with E-state index in [1.165, 1.54) is 12.8 Å². The van der Waals surface area contributed by atoms with Crippen LogP contribution in [0.4, 0.5) is 0 Å². The summed E-state index contributed by atoms with van der Waals surface area (Å²) in [5.74, 6) is 2.25. The second kappa shape index (κ2) is 4.55. The predicted molar refractivity (Wildman–Crippen MR) is 59.3 cm³/mol. The molecule has 2 aliphatic rings. The minimum atomic E-state index is 0.151. The first kappa shape index (κ1) is 10.3. The Morgan fingerprint density at radius 3 is 3.06 bits per heavy atom. The quantitative estimate of drug-likeness (QED) is 0.831. The molecule has 1 aromatic rings. The molecule has 3 heterocycles. The fourth-order valence-corrected chi connectivity index (χ4v) is 2.50. The van der Waals surface area contributed by atoms with E-state index < -0.39 is 0 Å². The van der Waals surface area contributed by atoms with Crippen LogP contribution in [-0.2, 0) is 4.74 Å². The number of piperidine rings is 1. The second-order valence-electron chi connectivity index (χ2n) is 4.65. The molecule has 2 fully saturated rings. The van der Waals surface area contributed by atoms with Gasteiger partial charge in [-0.3, -0.25) is 0 Å². The summed E-state index contributed by atoms with van der Waals surface area (Å²) in [4.78, 5) is 4.40. The topological polar surface area (TPSA) is 47.3 Å².